The highest BCUT2D eigenvalue weighted by molar-refractivity contribution is 5.95. The van der Waals surface area contributed by atoms with Gasteiger partial charge in [0.1, 0.15) is 19.0 Å². The third-order valence-electron chi connectivity index (χ3n) is 3.05. The third-order valence-corrected chi connectivity index (χ3v) is 3.05. The van der Waals surface area contributed by atoms with E-state index in [4.69, 9.17) is 4.74 Å². The molecule has 0 bridgehead atoms. The Morgan fingerprint density at radius 2 is 1.71 bits per heavy atom. The molecule has 2 aromatic rings. The third kappa shape index (κ3) is 4.87. The zero-order chi connectivity index (χ0) is 17.5. The lowest BCUT2D eigenvalue weighted by Crippen LogP contribution is -2.30. The fraction of sp³-hybridized carbons (Fsp3) is 0.125. The Kier molecular flexibility index (Phi) is 5.56. The second-order valence-corrected chi connectivity index (χ2v) is 4.77. The number of nitrogens with zero attached hydrogens (tertiary/aromatic N) is 1. The number of hydrogen-bond acceptors (Lipinski definition) is 5. The van der Waals surface area contributed by atoms with E-state index in [0.717, 1.165) is 12.1 Å². The number of nitrogens with one attached hydrogen (secondary N) is 1. The van der Waals surface area contributed by atoms with E-state index >= 15 is 0 Å². The van der Waals surface area contributed by atoms with Gasteiger partial charge in [0.15, 0.2) is 0 Å². The molecule has 0 aliphatic heterocycles. The van der Waals surface area contributed by atoms with Crippen LogP contribution in [0.15, 0.2) is 48.5 Å². The molecule has 24 heavy (non-hydrogen) atoms. The standard InChI is InChI=1S/C16H13FN2O5/c17-13-5-3-12(4-6-13)16(21)18-9-15(20)24-10-11-1-7-14(8-2-11)19(22)23/h1-8H,9-10H2,(H,18,21). The van der Waals surface area contributed by atoms with Crippen LogP contribution in [0.2, 0.25) is 0 Å². The van der Waals surface area contributed by atoms with Gasteiger partial charge < -0.3 is 10.1 Å². The number of halogens is 1. The van der Waals surface area contributed by atoms with Crippen molar-refractivity contribution in [1.29, 1.82) is 0 Å². The SMILES string of the molecule is O=C(CNC(=O)c1ccc(F)cc1)OCc1ccc([N+](=O)[O-])cc1. The van der Waals surface area contributed by atoms with E-state index in [2.05, 4.69) is 5.32 Å². The number of amides is 1. The van der Waals surface area contributed by atoms with Crippen molar-refractivity contribution in [3.8, 4) is 0 Å². The molecule has 2 aromatic carbocycles. The first-order valence-corrected chi connectivity index (χ1v) is 6.88. The molecule has 0 spiro atoms. The number of carbonyl (C=O) groups is 2. The Morgan fingerprint density at radius 1 is 1.08 bits per heavy atom. The Bertz CT molecular complexity index is 744. The first-order valence-electron chi connectivity index (χ1n) is 6.88. The largest absolute Gasteiger partial charge is 0.460 e. The van der Waals surface area contributed by atoms with Gasteiger partial charge in [-0.2, -0.15) is 0 Å². The summed E-state index contributed by atoms with van der Waals surface area (Å²) in [5.41, 5.74) is 0.745. The molecule has 8 heteroatoms. The highest BCUT2D eigenvalue weighted by Crippen LogP contribution is 2.12. The van der Waals surface area contributed by atoms with Gasteiger partial charge in [-0.05, 0) is 42.0 Å². The van der Waals surface area contributed by atoms with Crippen LogP contribution in [0.25, 0.3) is 0 Å². The number of hydrogen-bond donors (Lipinski definition) is 1. The highest BCUT2D eigenvalue weighted by Gasteiger charge is 2.10. The molecular formula is C16H13FN2O5. The zero-order valence-corrected chi connectivity index (χ0v) is 12.4. The number of esters is 1. The lowest BCUT2D eigenvalue weighted by Gasteiger charge is -2.07. The van der Waals surface area contributed by atoms with Crippen LogP contribution < -0.4 is 5.32 Å². The van der Waals surface area contributed by atoms with Gasteiger partial charge in [-0.15, -0.1) is 0 Å². The van der Waals surface area contributed by atoms with Crippen LogP contribution in [-0.2, 0) is 16.1 Å². The Balaban J connectivity index is 1.77. The van der Waals surface area contributed by atoms with E-state index in [1.54, 1.807) is 0 Å². The number of nitro benzene ring substituents is 1. The average Bonchev–Trinajstić information content (AvgIpc) is 2.58. The summed E-state index contributed by atoms with van der Waals surface area (Å²) in [6, 6.07) is 10.4. The van der Waals surface area contributed by atoms with Crippen molar-refractivity contribution < 1.29 is 23.6 Å². The molecule has 0 atom stereocenters. The van der Waals surface area contributed by atoms with Gasteiger partial charge in [-0.1, -0.05) is 0 Å². The number of benzene rings is 2. The summed E-state index contributed by atoms with van der Waals surface area (Å²) in [6.45, 7) is -0.410. The van der Waals surface area contributed by atoms with E-state index in [1.165, 1.54) is 36.4 Å². The van der Waals surface area contributed by atoms with Crippen LogP contribution >= 0.6 is 0 Å². The van der Waals surface area contributed by atoms with Crippen molar-refractivity contribution >= 4 is 17.6 Å². The van der Waals surface area contributed by atoms with Crippen molar-refractivity contribution in [2.24, 2.45) is 0 Å². The molecule has 0 unspecified atom stereocenters. The van der Waals surface area contributed by atoms with Gasteiger partial charge >= 0.3 is 5.97 Å². The minimum absolute atomic E-state index is 0.0587. The van der Waals surface area contributed by atoms with Crippen molar-refractivity contribution in [3.05, 3.63) is 75.6 Å². The molecule has 1 amide bonds. The van der Waals surface area contributed by atoms with Gasteiger partial charge in [0.2, 0.25) is 0 Å². The topological polar surface area (TPSA) is 98.5 Å². The van der Waals surface area contributed by atoms with Crippen molar-refractivity contribution in [3.63, 3.8) is 0 Å². The Hall–Kier alpha value is -3.29. The molecule has 0 heterocycles. The van der Waals surface area contributed by atoms with Gasteiger partial charge in [-0.3, -0.25) is 19.7 Å². The van der Waals surface area contributed by atoms with Crippen LogP contribution in [0.4, 0.5) is 10.1 Å². The molecule has 0 aliphatic carbocycles. The van der Waals surface area contributed by atoms with Crippen molar-refractivity contribution in [2.45, 2.75) is 6.61 Å². The van der Waals surface area contributed by atoms with E-state index in [-0.39, 0.29) is 24.4 Å². The summed E-state index contributed by atoms with van der Waals surface area (Å²) in [5.74, 6) is -1.65. The molecule has 1 N–H and O–H groups in total. The number of carbonyl (C=O) groups excluding carboxylic acids is 2. The fourth-order valence-corrected chi connectivity index (χ4v) is 1.78. The Morgan fingerprint density at radius 3 is 2.29 bits per heavy atom. The summed E-state index contributed by atoms with van der Waals surface area (Å²) in [6.07, 6.45) is 0. The molecule has 0 saturated carbocycles. The first-order chi connectivity index (χ1) is 11.5. The summed E-state index contributed by atoms with van der Waals surface area (Å²) >= 11 is 0. The number of rotatable bonds is 6. The fourth-order valence-electron chi connectivity index (χ4n) is 1.78. The predicted molar refractivity (Wildman–Crippen MR) is 81.6 cm³/mol. The summed E-state index contributed by atoms with van der Waals surface area (Å²) < 4.78 is 17.7. The van der Waals surface area contributed by atoms with Gasteiger partial charge in [0, 0.05) is 17.7 Å². The van der Waals surface area contributed by atoms with Crippen LogP contribution in [0.1, 0.15) is 15.9 Å². The molecule has 0 saturated heterocycles. The maximum absolute atomic E-state index is 12.8. The molecule has 2 rings (SSSR count). The predicted octanol–water partition coefficient (Wildman–Crippen LogP) is 2.21. The maximum atomic E-state index is 12.8. The lowest BCUT2D eigenvalue weighted by atomic mass is 10.2. The first kappa shape index (κ1) is 17.1. The van der Waals surface area contributed by atoms with Crippen LogP contribution in [0.3, 0.4) is 0 Å². The lowest BCUT2D eigenvalue weighted by molar-refractivity contribution is -0.384. The maximum Gasteiger partial charge on any atom is 0.325 e. The van der Waals surface area contributed by atoms with Crippen molar-refractivity contribution in [2.75, 3.05) is 6.54 Å². The monoisotopic (exact) mass is 332 g/mol. The minimum Gasteiger partial charge on any atom is -0.460 e. The summed E-state index contributed by atoms with van der Waals surface area (Å²) in [7, 11) is 0. The number of nitro groups is 1. The van der Waals surface area contributed by atoms with Crippen molar-refractivity contribution in [1.82, 2.24) is 5.32 Å². The van der Waals surface area contributed by atoms with Crippen LogP contribution in [0.5, 0.6) is 0 Å². The van der Waals surface area contributed by atoms with Gasteiger partial charge in [-0.25, -0.2) is 4.39 Å². The number of ether oxygens (including phenoxy) is 1. The molecule has 0 aromatic heterocycles. The number of non-ortho nitro benzene ring substituents is 1. The molecular weight excluding hydrogens is 319 g/mol. The van der Waals surface area contributed by atoms with Gasteiger partial charge in [0.25, 0.3) is 11.6 Å². The molecule has 7 nitrogen and oxygen atoms in total. The van der Waals surface area contributed by atoms with E-state index < -0.39 is 22.6 Å². The molecule has 0 aliphatic rings. The summed E-state index contributed by atoms with van der Waals surface area (Å²) in [4.78, 5) is 33.3. The minimum atomic E-state index is -0.663. The molecule has 0 fully saturated rings. The second-order valence-electron chi connectivity index (χ2n) is 4.77. The Labute approximate surface area is 136 Å². The second kappa shape index (κ2) is 7.82. The summed E-state index contributed by atoms with van der Waals surface area (Å²) in [5, 5.41) is 12.9. The average molecular weight is 332 g/mol. The smallest absolute Gasteiger partial charge is 0.325 e. The molecule has 124 valence electrons. The van der Waals surface area contributed by atoms with E-state index in [9.17, 15) is 24.1 Å². The van der Waals surface area contributed by atoms with Crippen LogP contribution in [0, 0.1) is 15.9 Å². The zero-order valence-electron chi connectivity index (χ0n) is 12.4. The van der Waals surface area contributed by atoms with Crippen LogP contribution in [-0.4, -0.2) is 23.3 Å². The highest BCUT2D eigenvalue weighted by atomic mass is 19.1. The molecule has 0 radical (unpaired) electrons. The van der Waals surface area contributed by atoms with Gasteiger partial charge in [0.05, 0.1) is 4.92 Å². The normalized spacial score (nSPS) is 10.0. The quantitative estimate of drug-likeness (QED) is 0.497. The van der Waals surface area contributed by atoms with E-state index in [1.807, 2.05) is 0 Å². The van der Waals surface area contributed by atoms with E-state index in [0.29, 0.717) is 5.56 Å².